The first-order valence-electron chi connectivity index (χ1n) is 7.62. The van der Waals surface area contributed by atoms with Gasteiger partial charge < -0.3 is 14.2 Å². The molecule has 0 amide bonds. The molecule has 128 valence electrons. The van der Waals surface area contributed by atoms with Crippen molar-refractivity contribution < 1.29 is 23.9 Å². The van der Waals surface area contributed by atoms with E-state index >= 15 is 0 Å². The van der Waals surface area contributed by atoms with Gasteiger partial charge in [-0.25, -0.2) is 4.79 Å². The molecule has 7 heteroatoms. The number of nitro groups is 1. The number of nitrogens with zero attached hydrogens (tertiary/aromatic N) is 1. The summed E-state index contributed by atoms with van der Waals surface area (Å²) in [5.41, 5.74) is 1.25. The molecule has 0 atom stereocenters. The number of benzene rings is 2. The second-order valence-electron chi connectivity index (χ2n) is 5.16. The van der Waals surface area contributed by atoms with Gasteiger partial charge in [0.05, 0.1) is 28.7 Å². The minimum Gasteiger partial charge on any atom is -0.462 e. The average Bonchev–Trinajstić information content (AvgIpc) is 3.06. The lowest BCUT2D eigenvalue weighted by Crippen LogP contribution is -2.06. The zero-order valence-electron chi connectivity index (χ0n) is 13.4. The van der Waals surface area contributed by atoms with Crippen LogP contribution in [0.25, 0.3) is 12.2 Å². The highest BCUT2D eigenvalue weighted by molar-refractivity contribution is 5.95. The molecule has 0 aliphatic carbocycles. The molecule has 3 rings (SSSR count). The molecule has 0 unspecified atom stereocenters. The molecule has 0 radical (unpaired) electrons. The van der Waals surface area contributed by atoms with Gasteiger partial charge in [-0.05, 0) is 30.7 Å². The van der Waals surface area contributed by atoms with Crippen molar-refractivity contribution in [1.29, 1.82) is 0 Å². The number of nitro benzene ring substituents is 1. The monoisotopic (exact) mass is 341 g/mol. The maximum Gasteiger partial charge on any atom is 0.338 e. The van der Waals surface area contributed by atoms with Gasteiger partial charge in [-0.2, -0.15) is 0 Å². The van der Waals surface area contributed by atoms with Crippen molar-refractivity contribution in [2.45, 2.75) is 6.92 Å². The minimum atomic E-state index is -0.487. The van der Waals surface area contributed by atoms with Crippen molar-refractivity contribution >= 4 is 23.8 Å². The second kappa shape index (κ2) is 7.04. The Bertz CT molecular complexity index is 859. The van der Waals surface area contributed by atoms with E-state index in [1.807, 2.05) is 0 Å². The molecular weight excluding hydrogens is 326 g/mol. The molecule has 0 fully saturated rings. The zero-order chi connectivity index (χ0) is 17.8. The molecule has 1 heterocycles. The zero-order valence-corrected chi connectivity index (χ0v) is 13.4. The smallest absolute Gasteiger partial charge is 0.338 e. The summed E-state index contributed by atoms with van der Waals surface area (Å²) in [6, 6.07) is 9.76. The summed E-state index contributed by atoms with van der Waals surface area (Å²) in [5.74, 6) is 0.350. The van der Waals surface area contributed by atoms with Gasteiger partial charge in [0.25, 0.3) is 5.69 Å². The number of hydrogen-bond acceptors (Lipinski definition) is 6. The molecule has 7 nitrogen and oxygen atoms in total. The molecule has 25 heavy (non-hydrogen) atoms. The average molecular weight is 341 g/mol. The van der Waals surface area contributed by atoms with E-state index in [9.17, 15) is 14.9 Å². The molecule has 1 aliphatic rings. The highest BCUT2D eigenvalue weighted by atomic mass is 16.7. The van der Waals surface area contributed by atoms with E-state index in [2.05, 4.69) is 0 Å². The fourth-order valence-corrected chi connectivity index (χ4v) is 2.46. The fraction of sp³-hybridized carbons (Fsp3) is 0.167. The van der Waals surface area contributed by atoms with Crippen LogP contribution in [0.3, 0.4) is 0 Å². The molecule has 1 aliphatic heterocycles. The summed E-state index contributed by atoms with van der Waals surface area (Å²) in [5, 5.41) is 11.3. The van der Waals surface area contributed by atoms with Crippen molar-refractivity contribution in [3.05, 3.63) is 63.2 Å². The number of hydrogen-bond donors (Lipinski definition) is 0. The highest BCUT2D eigenvalue weighted by Crippen LogP contribution is 2.38. The molecule has 0 N–H and O–H groups in total. The van der Waals surface area contributed by atoms with Crippen LogP contribution < -0.4 is 9.47 Å². The lowest BCUT2D eigenvalue weighted by atomic mass is 10.0. The summed E-state index contributed by atoms with van der Waals surface area (Å²) in [6.45, 7) is 2.03. The van der Waals surface area contributed by atoms with E-state index in [0.29, 0.717) is 28.2 Å². The van der Waals surface area contributed by atoms with E-state index in [1.54, 1.807) is 49.4 Å². The summed E-state index contributed by atoms with van der Waals surface area (Å²) in [4.78, 5) is 22.8. The summed E-state index contributed by atoms with van der Waals surface area (Å²) < 4.78 is 15.5. The summed E-state index contributed by atoms with van der Waals surface area (Å²) >= 11 is 0. The van der Waals surface area contributed by atoms with Gasteiger partial charge in [0, 0.05) is 0 Å². The Kier molecular flexibility index (Phi) is 4.65. The van der Waals surface area contributed by atoms with Crippen molar-refractivity contribution in [2.24, 2.45) is 0 Å². The van der Waals surface area contributed by atoms with Crippen molar-refractivity contribution in [1.82, 2.24) is 0 Å². The Hall–Kier alpha value is -3.35. The van der Waals surface area contributed by atoms with Crippen LogP contribution in [-0.4, -0.2) is 24.3 Å². The summed E-state index contributed by atoms with van der Waals surface area (Å²) in [6.07, 6.45) is 3.20. The predicted molar refractivity (Wildman–Crippen MR) is 90.5 cm³/mol. The van der Waals surface area contributed by atoms with Crippen molar-refractivity contribution in [3.63, 3.8) is 0 Å². The van der Waals surface area contributed by atoms with Gasteiger partial charge in [0.15, 0.2) is 11.5 Å². The number of rotatable bonds is 5. The first-order chi connectivity index (χ1) is 12.1. The van der Waals surface area contributed by atoms with Gasteiger partial charge in [-0.1, -0.05) is 24.3 Å². The third-order valence-electron chi connectivity index (χ3n) is 3.62. The van der Waals surface area contributed by atoms with Gasteiger partial charge in [0.2, 0.25) is 6.79 Å². The Morgan fingerprint density at radius 3 is 2.60 bits per heavy atom. The van der Waals surface area contributed by atoms with E-state index in [1.165, 1.54) is 6.07 Å². The van der Waals surface area contributed by atoms with Crippen molar-refractivity contribution in [3.8, 4) is 11.5 Å². The number of carbonyl (C=O) groups is 1. The van der Waals surface area contributed by atoms with Crippen LogP contribution in [-0.2, 0) is 4.74 Å². The van der Waals surface area contributed by atoms with Crippen LogP contribution in [0, 0.1) is 10.1 Å². The SMILES string of the molecule is CCOC(=O)c1ccccc1/C=C/c1cc2c(cc1[N+](=O)[O-])OCO2. The molecule has 0 spiro atoms. The van der Waals surface area contributed by atoms with Gasteiger partial charge in [-0.15, -0.1) is 0 Å². The molecule has 2 aromatic rings. The van der Waals surface area contributed by atoms with Gasteiger partial charge in [0.1, 0.15) is 0 Å². The minimum absolute atomic E-state index is 0.0331. The Labute approximate surface area is 143 Å². The Morgan fingerprint density at radius 2 is 1.88 bits per heavy atom. The molecule has 0 saturated heterocycles. The number of carbonyl (C=O) groups excluding carboxylic acids is 1. The molecule has 0 saturated carbocycles. The van der Waals surface area contributed by atoms with E-state index in [0.717, 1.165) is 0 Å². The van der Waals surface area contributed by atoms with E-state index < -0.39 is 10.9 Å². The van der Waals surface area contributed by atoms with Gasteiger partial charge in [-0.3, -0.25) is 10.1 Å². The predicted octanol–water partition coefficient (Wildman–Crippen LogP) is 3.67. The number of ether oxygens (including phenoxy) is 3. The third-order valence-corrected chi connectivity index (χ3v) is 3.62. The lowest BCUT2D eigenvalue weighted by molar-refractivity contribution is -0.385. The van der Waals surface area contributed by atoms with Crippen LogP contribution in [0.1, 0.15) is 28.4 Å². The first-order valence-corrected chi connectivity index (χ1v) is 7.62. The second-order valence-corrected chi connectivity index (χ2v) is 5.16. The Balaban J connectivity index is 1.98. The largest absolute Gasteiger partial charge is 0.462 e. The highest BCUT2D eigenvalue weighted by Gasteiger charge is 2.22. The number of fused-ring (bicyclic) bond motifs is 1. The molecular formula is C18H15NO6. The fourth-order valence-electron chi connectivity index (χ4n) is 2.46. The van der Waals surface area contributed by atoms with Crippen LogP contribution in [0.5, 0.6) is 11.5 Å². The molecule has 0 aromatic heterocycles. The molecule has 0 bridgehead atoms. The summed E-state index contributed by atoms with van der Waals surface area (Å²) in [7, 11) is 0. The lowest BCUT2D eigenvalue weighted by Gasteiger charge is -2.05. The van der Waals surface area contributed by atoms with Crippen LogP contribution in [0.15, 0.2) is 36.4 Å². The standard InChI is InChI=1S/C18H15NO6/c1-2-23-18(20)14-6-4-3-5-12(14)7-8-13-9-16-17(25-11-24-16)10-15(13)19(21)22/h3-10H,2,11H2,1H3/b8-7+. The molecule has 2 aromatic carbocycles. The quantitative estimate of drug-likeness (QED) is 0.357. The third kappa shape index (κ3) is 3.45. The van der Waals surface area contributed by atoms with Gasteiger partial charge >= 0.3 is 5.97 Å². The first kappa shape index (κ1) is 16.5. The van der Waals surface area contributed by atoms with Crippen molar-refractivity contribution in [2.75, 3.05) is 13.4 Å². The maximum atomic E-state index is 12.0. The Morgan fingerprint density at radius 1 is 1.20 bits per heavy atom. The van der Waals surface area contributed by atoms with E-state index in [4.69, 9.17) is 14.2 Å². The van der Waals surface area contributed by atoms with Crippen LogP contribution >= 0.6 is 0 Å². The maximum absolute atomic E-state index is 12.0. The van der Waals surface area contributed by atoms with Crippen LogP contribution in [0.4, 0.5) is 5.69 Å². The van der Waals surface area contributed by atoms with E-state index in [-0.39, 0.29) is 19.1 Å². The topological polar surface area (TPSA) is 87.9 Å². The number of esters is 1. The normalized spacial score (nSPS) is 12.4. The van der Waals surface area contributed by atoms with Crippen LogP contribution in [0.2, 0.25) is 0 Å².